The van der Waals surface area contributed by atoms with Crippen LogP contribution in [0.1, 0.15) is 30.7 Å². The first-order chi connectivity index (χ1) is 14.0. The molecular weight excluding hydrogens is 398 g/mol. The molecule has 4 rings (SSSR count). The molecule has 29 heavy (non-hydrogen) atoms. The van der Waals surface area contributed by atoms with Crippen LogP contribution in [-0.4, -0.2) is 46.2 Å². The molecule has 2 heterocycles. The Kier molecular flexibility index (Phi) is 6.06. The topological polar surface area (TPSA) is 53.9 Å². The first-order valence-electron chi connectivity index (χ1n) is 9.90. The van der Waals surface area contributed by atoms with Gasteiger partial charge in [-0.05, 0) is 49.1 Å². The lowest BCUT2D eigenvalue weighted by atomic mass is 10.0. The van der Waals surface area contributed by atoms with E-state index in [4.69, 9.17) is 4.98 Å². The van der Waals surface area contributed by atoms with Crippen molar-refractivity contribution in [3.8, 4) is 0 Å². The van der Waals surface area contributed by atoms with Gasteiger partial charge >= 0.3 is 0 Å². The highest BCUT2D eigenvalue weighted by Gasteiger charge is 2.26. The quantitative estimate of drug-likeness (QED) is 0.528. The Morgan fingerprint density at radius 3 is 2.79 bits per heavy atom. The Hall–Kier alpha value is -2.12. The number of thiazole rings is 1. The molecule has 2 atom stereocenters. The minimum absolute atomic E-state index is 0.474. The molecule has 152 valence electrons. The molecule has 0 amide bonds. The maximum atomic E-state index is 4.79. The van der Waals surface area contributed by atoms with E-state index in [0.717, 1.165) is 45.5 Å². The molecule has 1 fully saturated rings. The summed E-state index contributed by atoms with van der Waals surface area (Å²) in [6.07, 6.45) is 10.4. The standard InChI is InChI=1S/C22H27N5S2/c1-14(27(2)3)16-6-8-19-20(11-16)29-22(26-19)25-17-7-5-15(9-17)10-21-23-12-18(28-4)13-24-21/h6,8,11-13,15,17H,1,5,7,9-10H2,2-4H3,(H,25,26)/t15-,17-/m0/s1. The van der Waals surface area contributed by atoms with Crippen molar-refractivity contribution in [2.75, 3.05) is 25.7 Å². The summed E-state index contributed by atoms with van der Waals surface area (Å²) in [4.78, 5) is 17.0. The molecule has 0 saturated heterocycles. The number of anilines is 1. The molecule has 0 spiro atoms. The van der Waals surface area contributed by atoms with Gasteiger partial charge in [-0.2, -0.15) is 0 Å². The summed E-state index contributed by atoms with van der Waals surface area (Å²) in [7, 11) is 4.04. The number of hydrogen-bond donors (Lipinski definition) is 1. The zero-order valence-electron chi connectivity index (χ0n) is 17.2. The molecule has 0 unspecified atom stereocenters. The first kappa shape index (κ1) is 20.2. The predicted molar refractivity (Wildman–Crippen MR) is 125 cm³/mol. The van der Waals surface area contributed by atoms with Gasteiger partial charge in [-0.25, -0.2) is 15.0 Å². The molecule has 1 aliphatic carbocycles. The molecule has 0 radical (unpaired) electrons. The van der Waals surface area contributed by atoms with E-state index in [2.05, 4.69) is 40.1 Å². The van der Waals surface area contributed by atoms with Crippen LogP contribution in [0, 0.1) is 5.92 Å². The third-order valence-electron chi connectivity index (χ3n) is 5.52. The molecular formula is C22H27N5S2. The van der Waals surface area contributed by atoms with Gasteiger partial charge in [-0.15, -0.1) is 11.8 Å². The van der Waals surface area contributed by atoms with Crippen molar-refractivity contribution in [1.29, 1.82) is 0 Å². The van der Waals surface area contributed by atoms with Crippen molar-refractivity contribution >= 4 is 44.1 Å². The van der Waals surface area contributed by atoms with E-state index in [-0.39, 0.29) is 0 Å². The molecule has 7 heteroatoms. The Bertz CT molecular complexity index is 996. The maximum Gasteiger partial charge on any atom is 0.184 e. The highest BCUT2D eigenvalue weighted by molar-refractivity contribution is 7.98. The molecule has 0 bridgehead atoms. The molecule has 0 aliphatic heterocycles. The summed E-state index contributed by atoms with van der Waals surface area (Å²) in [5, 5.41) is 4.68. The van der Waals surface area contributed by atoms with Crippen molar-refractivity contribution in [2.24, 2.45) is 5.92 Å². The molecule has 5 nitrogen and oxygen atoms in total. The monoisotopic (exact) mass is 425 g/mol. The van der Waals surface area contributed by atoms with E-state index in [1.165, 1.54) is 17.5 Å². The maximum absolute atomic E-state index is 4.79. The summed E-state index contributed by atoms with van der Waals surface area (Å²) in [6, 6.07) is 6.85. The average molecular weight is 426 g/mol. The number of fused-ring (bicyclic) bond motifs is 1. The van der Waals surface area contributed by atoms with Gasteiger partial charge < -0.3 is 10.2 Å². The van der Waals surface area contributed by atoms with Gasteiger partial charge in [0.25, 0.3) is 0 Å². The van der Waals surface area contributed by atoms with Crippen molar-refractivity contribution in [3.63, 3.8) is 0 Å². The molecule has 3 aromatic rings. The van der Waals surface area contributed by atoms with Gasteiger partial charge in [0.2, 0.25) is 0 Å². The normalized spacial score (nSPS) is 18.9. The minimum atomic E-state index is 0.474. The summed E-state index contributed by atoms with van der Waals surface area (Å²) in [6.45, 7) is 4.16. The fraction of sp³-hybridized carbons (Fsp3) is 0.409. The Labute approximate surface area is 180 Å². The van der Waals surface area contributed by atoms with Gasteiger partial charge in [-0.1, -0.05) is 24.0 Å². The van der Waals surface area contributed by atoms with Crippen LogP contribution in [0.5, 0.6) is 0 Å². The largest absolute Gasteiger partial charge is 0.378 e. The van der Waals surface area contributed by atoms with Crippen LogP contribution in [0.4, 0.5) is 5.13 Å². The number of hydrogen-bond acceptors (Lipinski definition) is 7. The summed E-state index contributed by atoms with van der Waals surface area (Å²) >= 11 is 3.41. The zero-order valence-corrected chi connectivity index (χ0v) is 18.8. The van der Waals surface area contributed by atoms with Gasteiger partial charge in [0.1, 0.15) is 5.82 Å². The van der Waals surface area contributed by atoms with Crippen molar-refractivity contribution in [3.05, 3.63) is 48.6 Å². The molecule has 1 saturated carbocycles. The Balaban J connectivity index is 1.38. The number of nitrogens with one attached hydrogen (secondary N) is 1. The van der Waals surface area contributed by atoms with Gasteiger partial charge in [0, 0.05) is 49.5 Å². The second-order valence-electron chi connectivity index (χ2n) is 7.81. The third kappa shape index (κ3) is 4.73. The van der Waals surface area contributed by atoms with E-state index < -0.39 is 0 Å². The lowest BCUT2D eigenvalue weighted by molar-refractivity contribution is 0.524. The van der Waals surface area contributed by atoms with Gasteiger partial charge in [0.15, 0.2) is 5.13 Å². The van der Waals surface area contributed by atoms with E-state index >= 15 is 0 Å². The summed E-state index contributed by atoms with van der Waals surface area (Å²) in [5.74, 6) is 1.60. The Morgan fingerprint density at radius 1 is 1.28 bits per heavy atom. The lowest BCUT2D eigenvalue weighted by Gasteiger charge is -2.15. The number of nitrogens with zero attached hydrogens (tertiary/aromatic N) is 4. The Morgan fingerprint density at radius 2 is 2.07 bits per heavy atom. The highest BCUT2D eigenvalue weighted by atomic mass is 32.2. The SMILES string of the molecule is C=C(c1ccc2nc(N[C@H]3CC[C@H](Cc4ncc(SC)cn4)C3)sc2c1)N(C)C. The first-order valence-corrected chi connectivity index (χ1v) is 11.9. The van der Waals surface area contributed by atoms with Crippen molar-refractivity contribution in [1.82, 2.24) is 19.9 Å². The molecule has 1 aliphatic rings. The second-order valence-corrected chi connectivity index (χ2v) is 9.72. The van der Waals surface area contributed by atoms with Gasteiger partial charge in [0.05, 0.1) is 10.2 Å². The number of rotatable bonds is 7. The fourth-order valence-corrected chi connectivity index (χ4v) is 5.10. The smallest absolute Gasteiger partial charge is 0.184 e. The number of aromatic nitrogens is 3. The second kappa shape index (κ2) is 8.71. The van der Waals surface area contributed by atoms with E-state index in [1.807, 2.05) is 37.6 Å². The van der Waals surface area contributed by atoms with Crippen LogP contribution in [0.3, 0.4) is 0 Å². The molecule has 1 N–H and O–H groups in total. The van der Waals surface area contributed by atoms with Crippen LogP contribution < -0.4 is 5.32 Å². The summed E-state index contributed by atoms with van der Waals surface area (Å²) < 4.78 is 1.20. The van der Waals surface area contributed by atoms with E-state index in [9.17, 15) is 0 Å². The van der Waals surface area contributed by atoms with Crippen LogP contribution in [0.25, 0.3) is 15.9 Å². The number of benzene rings is 1. The third-order valence-corrected chi connectivity index (χ3v) is 7.15. The van der Waals surface area contributed by atoms with E-state index in [0.29, 0.717) is 12.0 Å². The number of thioether (sulfide) groups is 1. The van der Waals surface area contributed by atoms with Crippen LogP contribution in [0.15, 0.2) is 42.1 Å². The van der Waals surface area contributed by atoms with Crippen LogP contribution >= 0.6 is 23.1 Å². The molecule has 2 aromatic heterocycles. The van der Waals surface area contributed by atoms with E-state index in [1.54, 1.807) is 23.1 Å². The zero-order chi connectivity index (χ0) is 20.4. The van der Waals surface area contributed by atoms with Gasteiger partial charge in [-0.3, -0.25) is 0 Å². The fourth-order valence-electron chi connectivity index (χ4n) is 3.80. The highest BCUT2D eigenvalue weighted by Crippen LogP contribution is 2.34. The van der Waals surface area contributed by atoms with Crippen LogP contribution in [-0.2, 0) is 6.42 Å². The predicted octanol–water partition coefficient (Wildman–Crippen LogP) is 5.16. The molecule has 1 aromatic carbocycles. The van der Waals surface area contributed by atoms with Crippen molar-refractivity contribution in [2.45, 2.75) is 36.6 Å². The lowest BCUT2D eigenvalue weighted by Crippen LogP contribution is -2.16. The minimum Gasteiger partial charge on any atom is -0.378 e. The average Bonchev–Trinajstić information content (AvgIpc) is 3.33. The summed E-state index contributed by atoms with van der Waals surface area (Å²) in [5.41, 5.74) is 3.21. The van der Waals surface area contributed by atoms with Crippen LogP contribution in [0.2, 0.25) is 0 Å². The van der Waals surface area contributed by atoms with Crippen molar-refractivity contribution < 1.29 is 0 Å².